The van der Waals surface area contributed by atoms with Gasteiger partial charge in [0.15, 0.2) is 9.84 Å². The highest BCUT2D eigenvalue weighted by Gasteiger charge is 2.28. The second-order valence-corrected chi connectivity index (χ2v) is 11.1. The number of rotatable bonds is 8. The second-order valence-electron chi connectivity index (χ2n) is 8.21. The molecule has 0 amide bonds. The lowest BCUT2D eigenvalue weighted by atomic mass is 9.98. The summed E-state index contributed by atoms with van der Waals surface area (Å²) < 4.78 is 28.7. The summed E-state index contributed by atoms with van der Waals surface area (Å²) in [4.78, 5) is 23.5. The zero-order valence-electron chi connectivity index (χ0n) is 16.4. The highest BCUT2D eigenvalue weighted by molar-refractivity contribution is 7.92. The van der Waals surface area contributed by atoms with E-state index in [1.54, 1.807) is 39.0 Å². The Balaban J connectivity index is 1.85. The normalized spacial score (nSPS) is 13.6. The van der Waals surface area contributed by atoms with Crippen molar-refractivity contribution in [3.05, 3.63) is 46.3 Å². The van der Waals surface area contributed by atoms with E-state index in [9.17, 15) is 18.0 Å². The molecule has 1 heterocycles. The summed E-state index contributed by atoms with van der Waals surface area (Å²) in [5, 5.41) is 0.792. The fourth-order valence-corrected chi connectivity index (χ4v) is 4.09. The van der Waals surface area contributed by atoms with E-state index in [4.69, 9.17) is 4.42 Å². The number of fused-ring (bicyclic) bond motifs is 1. The zero-order chi connectivity index (χ0) is 20.2. The third kappa shape index (κ3) is 6.03. The molecule has 6 heteroatoms. The van der Waals surface area contributed by atoms with Gasteiger partial charge in [0.2, 0.25) is 0 Å². The highest BCUT2D eigenvalue weighted by atomic mass is 32.2. The smallest absolute Gasteiger partial charge is 0.336 e. The van der Waals surface area contributed by atoms with Crippen molar-refractivity contribution in [3.63, 3.8) is 0 Å². The van der Waals surface area contributed by atoms with Gasteiger partial charge in [-0.25, -0.2) is 13.2 Å². The van der Waals surface area contributed by atoms with Gasteiger partial charge >= 0.3 is 5.63 Å². The van der Waals surface area contributed by atoms with Crippen molar-refractivity contribution in [2.75, 3.05) is 5.75 Å². The van der Waals surface area contributed by atoms with Crippen LogP contribution in [0.1, 0.15) is 52.5 Å². The Hall–Kier alpha value is -1.95. The van der Waals surface area contributed by atoms with Gasteiger partial charge < -0.3 is 4.42 Å². The van der Waals surface area contributed by atoms with Crippen molar-refractivity contribution < 1.29 is 17.6 Å². The minimum Gasteiger partial charge on any atom is -0.423 e. The molecule has 1 aromatic carbocycles. The third-order valence-electron chi connectivity index (χ3n) is 4.81. The van der Waals surface area contributed by atoms with E-state index in [0.29, 0.717) is 31.3 Å². The predicted molar refractivity (Wildman–Crippen MR) is 108 cm³/mol. The summed E-state index contributed by atoms with van der Waals surface area (Å²) in [7, 11) is -3.12. The van der Waals surface area contributed by atoms with Crippen molar-refractivity contribution in [2.24, 2.45) is 5.92 Å². The first-order valence-corrected chi connectivity index (χ1v) is 10.9. The molecular weight excluding hydrogens is 364 g/mol. The van der Waals surface area contributed by atoms with Crippen LogP contribution in [0.2, 0.25) is 0 Å². The topological polar surface area (TPSA) is 81.4 Å². The quantitative estimate of drug-likeness (QED) is 0.636. The molecule has 1 aromatic heterocycles. The molecule has 0 saturated carbocycles. The predicted octanol–water partition coefficient (Wildman–Crippen LogP) is 3.92. The van der Waals surface area contributed by atoms with Crippen molar-refractivity contribution in [1.29, 1.82) is 0 Å². The summed E-state index contributed by atoms with van der Waals surface area (Å²) >= 11 is 0. The Morgan fingerprint density at radius 3 is 2.48 bits per heavy atom. The van der Waals surface area contributed by atoms with Gasteiger partial charge in [-0.1, -0.05) is 13.0 Å². The summed E-state index contributed by atoms with van der Waals surface area (Å²) in [6.07, 6.45) is 2.00. The van der Waals surface area contributed by atoms with E-state index in [1.807, 2.05) is 13.0 Å². The van der Waals surface area contributed by atoms with Crippen LogP contribution >= 0.6 is 0 Å². The van der Waals surface area contributed by atoms with Gasteiger partial charge in [-0.2, -0.15) is 0 Å². The number of benzene rings is 1. The van der Waals surface area contributed by atoms with Crippen LogP contribution in [0.25, 0.3) is 11.0 Å². The third-order valence-corrected chi connectivity index (χ3v) is 7.45. The molecule has 1 atom stereocenters. The molecule has 0 fully saturated rings. The van der Waals surface area contributed by atoms with Crippen molar-refractivity contribution in [2.45, 2.75) is 58.1 Å². The van der Waals surface area contributed by atoms with Crippen LogP contribution in [-0.4, -0.2) is 24.7 Å². The maximum atomic E-state index is 12.3. The van der Waals surface area contributed by atoms with E-state index < -0.39 is 20.2 Å². The first-order valence-electron chi connectivity index (χ1n) is 9.25. The van der Waals surface area contributed by atoms with E-state index in [-0.39, 0.29) is 17.5 Å². The van der Waals surface area contributed by atoms with Crippen molar-refractivity contribution >= 4 is 26.6 Å². The number of ketones is 1. The Morgan fingerprint density at radius 2 is 1.81 bits per heavy atom. The summed E-state index contributed by atoms with van der Waals surface area (Å²) in [5.74, 6) is 0.455. The Bertz CT molecular complexity index is 964. The van der Waals surface area contributed by atoms with Crippen LogP contribution in [0.5, 0.6) is 0 Å². The van der Waals surface area contributed by atoms with Gasteiger partial charge in [-0.3, -0.25) is 4.79 Å². The molecule has 148 valence electrons. The molecule has 0 spiro atoms. The largest absolute Gasteiger partial charge is 0.423 e. The lowest BCUT2D eigenvalue weighted by Gasteiger charge is -2.20. The number of carbonyl (C=O) groups is 1. The van der Waals surface area contributed by atoms with E-state index >= 15 is 0 Å². The zero-order valence-corrected chi connectivity index (χ0v) is 17.3. The van der Waals surface area contributed by atoms with Crippen LogP contribution in [-0.2, 0) is 21.1 Å². The first-order chi connectivity index (χ1) is 12.5. The summed E-state index contributed by atoms with van der Waals surface area (Å²) in [6.45, 7) is 7.13. The van der Waals surface area contributed by atoms with Gasteiger partial charge in [0.25, 0.3) is 0 Å². The maximum Gasteiger partial charge on any atom is 0.336 e. The molecule has 0 saturated heterocycles. The fourth-order valence-electron chi connectivity index (χ4n) is 2.76. The SMILES string of the molecule is CC(CCC(=O)Cc1ccc2oc(=O)ccc2c1)CCS(=O)(=O)C(C)(C)C. The van der Waals surface area contributed by atoms with Crippen LogP contribution in [0.15, 0.2) is 39.5 Å². The molecule has 0 N–H and O–H groups in total. The Morgan fingerprint density at radius 1 is 1.11 bits per heavy atom. The number of sulfone groups is 1. The molecule has 0 aliphatic carbocycles. The lowest BCUT2D eigenvalue weighted by Crippen LogP contribution is -2.31. The molecule has 5 nitrogen and oxygen atoms in total. The molecular formula is C21H28O5S. The van der Waals surface area contributed by atoms with Crippen LogP contribution in [0, 0.1) is 5.92 Å². The van der Waals surface area contributed by atoms with Crippen LogP contribution < -0.4 is 5.63 Å². The second kappa shape index (κ2) is 8.38. The molecule has 2 aromatic rings. The van der Waals surface area contributed by atoms with Crippen LogP contribution in [0.3, 0.4) is 0 Å². The monoisotopic (exact) mass is 392 g/mol. The van der Waals surface area contributed by atoms with Gasteiger partial charge in [-0.05, 0) is 63.3 Å². The summed E-state index contributed by atoms with van der Waals surface area (Å²) in [6, 6.07) is 8.41. The average molecular weight is 393 g/mol. The van der Waals surface area contributed by atoms with Crippen molar-refractivity contribution in [3.8, 4) is 0 Å². The number of Topliss-reactive ketones (excluding diaryl/α,β-unsaturated/α-hetero) is 1. The molecule has 27 heavy (non-hydrogen) atoms. The minimum atomic E-state index is -3.12. The highest BCUT2D eigenvalue weighted by Crippen LogP contribution is 2.21. The molecule has 0 aliphatic rings. The number of hydrogen-bond acceptors (Lipinski definition) is 5. The van der Waals surface area contributed by atoms with Crippen LogP contribution in [0.4, 0.5) is 0 Å². The van der Waals surface area contributed by atoms with E-state index in [0.717, 1.165) is 10.9 Å². The Kier molecular flexibility index (Phi) is 6.63. The first kappa shape index (κ1) is 21.4. The molecule has 2 rings (SSSR count). The Labute approximate surface area is 160 Å². The summed E-state index contributed by atoms with van der Waals surface area (Å²) in [5.41, 5.74) is 0.991. The van der Waals surface area contributed by atoms with E-state index in [1.165, 1.54) is 6.07 Å². The number of hydrogen-bond donors (Lipinski definition) is 0. The van der Waals surface area contributed by atoms with Crippen molar-refractivity contribution in [1.82, 2.24) is 0 Å². The lowest BCUT2D eigenvalue weighted by molar-refractivity contribution is -0.118. The fraction of sp³-hybridized carbons (Fsp3) is 0.524. The van der Waals surface area contributed by atoms with Gasteiger partial charge in [0.1, 0.15) is 11.4 Å². The molecule has 1 unspecified atom stereocenters. The average Bonchev–Trinajstić information content (AvgIpc) is 2.57. The van der Waals surface area contributed by atoms with Gasteiger partial charge in [0, 0.05) is 24.3 Å². The molecule has 0 bridgehead atoms. The van der Waals surface area contributed by atoms with E-state index in [2.05, 4.69) is 0 Å². The van der Waals surface area contributed by atoms with Gasteiger partial charge in [-0.15, -0.1) is 0 Å². The standard InChI is InChI=1S/C21H28O5S/c1-15(11-12-27(24,25)21(2,3)4)5-8-18(22)14-16-6-9-19-17(13-16)7-10-20(23)26-19/h6-7,9-10,13,15H,5,8,11-12,14H2,1-4H3. The number of carbonyl (C=O) groups excluding carboxylic acids is 1. The maximum absolute atomic E-state index is 12.3. The molecule has 0 aliphatic heterocycles. The minimum absolute atomic E-state index is 0.122. The van der Waals surface area contributed by atoms with Gasteiger partial charge in [0.05, 0.1) is 10.5 Å². The molecule has 0 radical (unpaired) electrons.